The summed E-state index contributed by atoms with van der Waals surface area (Å²) >= 11 is 0. The third kappa shape index (κ3) is 4.72. The first-order valence-corrected chi connectivity index (χ1v) is 9.55. The summed E-state index contributed by atoms with van der Waals surface area (Å²) < 4.78 is 64.6. The van der Waals surface area contributed by atoms with Crippen LogP contribution in [0.2, 0.25) is 0 Å². The third-order valence-electron chi connectivity index (χ3n) is 4.13. The third-order valence-corrected chi connectivity index (χ3v) is 6.03. The number of benzene rings is 1. The predicted molar refractivity (Wildman–Crippen MR) is 86.3 cm³/mol. The highest BCUT2D eigenvalue weighted by Crippen LogP contribution is 2.31. The maximum Gasteiger partial charge on any atom is 0.416 e. The predicted octanol–water partition coefficient (Wildman–Crippen LogP) is 2.73. The highest BCUT2D eigenvalue weighted by molar-refractivity contribution is 7.89. The number of alkyl halides is 3. The molecule has 140 valence electrons. The number of halogens is 3. The Labute approximate surface area is 145 Å². The molecule has 0 aromatic heterocycles. The van der Waals surface area contributed by atoms with Crippen LogP contribution in [-0.4, -0.2) is 49.7 Å². The van der Waals surface area contributed by atoms with Gasteiger partial charge in [0.2, 0.25) is 15.9 Å². The molecule has 9 heteroatoms. The van der Waals surface area contributed by atoms with Gasteiger partial charge in [0.25, 0.3) is 0 Å². The normalized spacial score (nSPS) is 16.9. The maximum atomic E-state index is 12.8. The van der Waals surface area contributed by atoms with E-state index in [0.717, 1.165) is 35.3 Å². The van der Waals surface area contributed by atoms with Crippen molar-refractivity contribution in [2.24, 2.45) is 0 Å². The van der Waals surface area contributed by atoms with Gasteiger partial charge in [-0.05, 0) is 24.6 Å². The molecule has 1 aromatic rings. The van der Waals surface area contributed by atoms with E-state index in [4.69, 9.17) is 0 Å². The van der Waals surface area contributed by atoms with Gasteiger partial charge in [0.1, 0.15) is 0 Å². The monoisotopic (exact) mass is 378 g/mol. The van der Waals surface area contributed by atoms with Gasteiger partial charge in [-0.2, -0.15) is 17.5 Å². The average Bonchev–Trinajstić information content (AvgIpc) is 2.59. The minimum atomic E-state index is -4.60. The average molecular weight is 378 g/mol. The second kappa shape index (κ2) is 7.74. The number of hydrogen-bond donors (Lipinski definition) is 0. The Kier molecular flexibility index (Phi) is 6.10. The summed E-state index contributed by atoms with van der Waals surface area (Å²) in [6.45, 7) is 2.64. The molecule has 0 spiro atoms. The van der Waals surface area contributed by atoms with Gasteiger partial charge in [-0.15, -0.1) is 0 Å². The van der Waals surface area contributed by atoms with Crippen molar-refractivity contribution in [3.05, 3.63) is 29.8 Å². The number of amides is 1. The molecule has 1 saturated heterocycles. The van der Waals surface area contributed by atoms with Crippen LogP contribution in [0.1, 0.15) is 31.7 Å². The molecule has 1 aliphatic rings. The summed E-state index contributed by atoms with van der Waals surface area (Å²) in [7, 11) is -4.02. The van der Waals surface area contributed by atoms with Crippen LogP contribution in [-0.2, 0) is 21.0 Å². The highest BCUT2D eigenvalue weighted by Gasteiger charge is 2.34. The summed E-state index contributed by atoms with van der Waals surface area (Å²) in [4.78, 5) is 13.2. The molecule has 0 bridgehead atoms. The van der Waals surface area contributed by atoms with E-state index in [-0.39, 0.29) is 37.0 Å². The Morgan fingerprint density at radius 2 is 1.80 bits per heavy atom. The Balaban J connectivity index is 2.08. The minimum Gasteiger partial charge on any atom is -0.340 e. The first-order chi connectivity index (χ1) is 11.7. The topological polar surface area (TPSA) is 57.7 Å². The first-order valence-electron chi connectivity index (χ1n) is 8.11. The standard InChI is InChI=1S/C16H21F3N2O3S/c1-2-3-7-15(22)20-8-10-21(11-9-20)25(23,24)14-6-4-5-13(12-14)16(17,18)19/h4-6,12H,2-3,7-11H2,1H3. The molecule has 5 nitrogen and oxygen atoms in total. The van der Waals surface area contributed by atoms with E-state index in [2.05, 4.69) is 0 Å². The smallest absolute Gasteiger partial charge is 0.340 e. The molecule has 0 saturated carbocycles. The first kappa shape index (κ1) is 19.7. The molecule has 0 radical (unpaired) electrons. The zero-order chi connectivity index (χ0) is 18.7. The summed E-state index contributed by atoms with van der Waals surface area (Å²) in [5.41, 5.74) is -0.998. The number of sulfonamides is 1. The van der Waals surface area contributed by atoms with E-state index in [1.165, 1.54) is 0 Å². The van der Waals surface area contributed by atoms with E-state index in [9.17, 15) is 26.4 Å². The van der Waals surface area contributed by atoms with Gasteiger partial charge in [-0.25, -0.2) is 8.42 Å². The summed E-state index contributed by atoms with van der Waals surface area (Å²) in [6, 6.07) is 3.72. The highest BCUT2D eigenvalue weighted by atomic mass is 32.2. The Morgan fingerprint density at radius 1 is 1.16 bits per heavy atom. The lowest BCUT2D eigenvalue weighted by molar-refractivity contribution is -0.137. The van der Waals surface area contributed by atoms with Crippen LogP contribution in [0.5, 0.6) is 0 Å². The van der Waals surface area contributed by atoms with E-state index < -0.39 is 21.8 Å². The van der Waals surface area contributed by atoms with Gasteiger partial charge in [-0.3, -0.25) is 4.79 Å². The molecule has 1 heterocycles. The summed E-state index contributed by atoms with van der Waals surface area (Å²) in [6.07, 6.45) is -2.50. The molecule has 0 unspecified atom stereocenters. The van der Waals surface area contributed by atoms with Gasteiger partial charge >= 0.3 is 6.18 Å². The van der Waals surface area contributed by atoms with E-state index in [0.29, 0.717) is 12.5 Å². The van der Waals surface area contributed by atoms with Crippen molar-refractivity contribution in [3.8, 4) is 0 Å². The van der Waals surface area contributed by atoms with Crippen molar-refractivity contribution in [2.45, 2.75) is 37.3 Å². The fourth-order valence-electron chi connectivity index (χ4n) is 2.65. The van der Waals surface area contributed by atoms with Gasteiger partial charge in [-0.1, -0.05) is 19.4 Å². The maximum absolute atomic E-state index is 12.8. The SMILES string of the molecule is CCCCC(=O)N1CCN(S(=O)(=O)c2cccc(C(F)(F)F)c2)CC1. The summed E-state index contributed by atoms with van der Waals surface area (Å²) in [5, 5.41) is 0. The fraction of sp³-hybridized carbons (Fsp3) is 0.562. The lowest BCUT2D eigenvalue weighted by atomic mass is 10.2. The van der Waals surface area contributed by atoms with Crippen molar-refractivity contribution in [1.29, 1.82) is 0 Å². The molecule has 25 heavy (non-hydrogen) atoms. The molecule has 2 rings (SSSR count). The number of nitrogens with zero attached hydrogens (tertiary/aromatic N) is 2. The van der Waals surface area contributed by atoms with Gasteiger partial charge < -0.3 is 4.90 Å². The summed E-state index contributed by atoms with van der Waals surface area (Å²) in [5.74, 6) is -0.0158. The lowest BCUT2D eigenvalue weighted by Gasteiger charge is -2.34. The number of unbranched alkanes of at least 4 members (excludes halogenated alkanes) is 1. The van der Waals surface area contributed by atoms with E-state index >= 15 is 0 Å². The molecule has 0 N–H and O–H groups in total. The molecule has 1 fully saturated rings. The van der Waals surface area contributed by atoms with Crippen LogP contribution < -0.4 is 0 Å². The molecule has 1 aromatic carbocycles. The van der Waals surface area contributed by atoms with Gasteiger partial charge in [0, 0.05) is 32.6 Å². The van der Waals surface area contributed by atoms with Crippen LogP contribution in [0.15, 0.2) is 29.2 Å². The van der Waals surface area contributed by atoms with Crippen LogP contribution in [0.4, 0.5) is 13.2 Å². The van der Waals surface area contributed by atoms with Crippen molar-refractivity contribution in [3.63, 3.8) is 0 Å². The Bertz CT molecular complexity index is 712. The van der Waals surface area contributed by atoms with Crippen molar-refractivity contribution in [2.75, 3.05) is 26.2 Å². The van der Waals surface area contributed by atoms with Crippen molar-refractivity contribution < 1.29 is 26.4 Å². The zero-order valence-electron chi connectivity index (χ0n) is 13.9. The van der Waals surface area contributed by atoms with E-state index in [1.807, 2.05) is 6.92 Å². The van der Waals surface area contributed by atoms with Crippen LogP contribution in [0.3, 0.4) is 0 Å². The number of rotatable bonds is 5. The minimum absolute atomic E-state index is 0.0158. The molecule has 1 aliphatic heterocycles. The quantitative estimate of drug-likeness (QED) is 0.792. The van der Waals surface area contributed by atoms with Gasteiger partial charge in [0.15, 0.2) is 0 Å². The number of hydrogen-bond acceptors (Lipinski definition) is 3. The van der Waals surface area contributed by atoms with Gasteiger partial charge in [0.05, 0.1) is 10.5 Å². The molecule has 0 atom stereocenters. The lowest BCUT2D eigenvalue weighted by Crippen LogP contribution is -2.50. The molecule has 1 amide bonds. The Hall–Kier alpha value is -1.61. The zero-order valence-corrected chi connectivity index (χ0v) is 14.7. The van der Waals surface area contributed by atoms with Crippen molar-refractivity contribution >= 4 is 15.9 Å². The molecule has 0 aliphatic carbocycles. The number of carbonyl (C=O) groups is 1. The van der Waals surface area contributed by atoms with Crippen LogP contribution in [0, 0.1) is 0 Å². The number of piperazine rings is 1. The second-order valence-electron chi connectivity index (χ2n) is 5.91. The van der Waals surface area contributed by atoms with E-state index in [1.54, 1.807) is 4.90 Å². The molecular formula is C16H21F3N2O3S. The largest absolute Gasteiger partial charge is 0.416 e. The van der Waals surface area contributed by atoms with Crippen LogP contribution >= 0.6 is 0 Å². The van der Waals surface area contributed by atoms with Crippen LogP contribution in [0.25, 0.3) is 0 Å². The number of carbonyl (C=O) groups excluding carboxylic acids is 1. The van der Waals surface area contributed by atoms with Crippen molar-refractivity contribution in [1.82, 2.24) is 9.21 Å². The fourth-order valence-corrected chi connectivity index (χ4v) is 4.11. The Morgan fingerprint density at radius 3 is 2.36 bits per heavy atom. The second-order valence-corrected chi connectivity index (χ2v) is 7.85. The molecular weight excluding hydrogens is 357 g/mol.